The number of halogens is 3. The van der Waals surface area contributed by atoms with E-state index in [1.807, 2.05) is 11.8 Å². The normalized spacial score (nSPS) is 24.1. The fourth-order valence-electron chi connectivity index (χ4n) is 3.24. The maximum Gasteiger partial charge on any atom is 0.573 e. The number of anilines is 1. The second-order valence-corrected chi connectivity index (χ2v) is 7.76. The first-order chi connectivity index (χ1) is 12.8. The Balaban J connectivity index is 1.34. The van der Waals surface area contributed by atoms with Crippen LogP contribution >= 0.6 is 11.8 Å². The van der Waals surface area contributed by atoms with Crippen molar-refractivity contribution in [1.82, 2.24) is 10.6 Å². The molecule has 27 heavy (non-hydrogen) atoms. The van der Waals surface area contributed by atoms with Crippen LogP contribution in [0.5, 0.6) is 5.75 Å². The van der Waals surface area contributed by atoms with Gasteiger partial charge in [0.1, 0.15) is 5.75 Å². The van der Waals surface area contributed by atoms with Gasteiger partial charge in [-0.05, 0) is 37.1 Å². The van der Waals surface area contributed by atoms with Crippen molar-refractivity contribution in [2.75, 3.05) is 11.1 Å². The molecule has 1 aromatic rings. The van der Waals surface area contributed by atoms with Gasteiger partial charge in [-0.25, -0.2) is 4.79 Å². The number of alkyl halides is 3. The molecule has 0 aliphatic carbocycles. The first kappa shape index (κ1) is 19.7. The number of carbonyl (C=O) groups excluding carboxylic acids is 2. The summed E-state index contributed by atoms with van der Waals surface area (Å²) in [6.07, 6.45) is -1.92. The van der Waals surface area contributed by atoms with Gasteiger partial charge in [0.05, 0.1) is 12.1 Å². The van der Waals surface area contributed by atoms with Gasteiger partial charge in [0, 0.05) is 23.1 Å². The molecule has 0 radical (unpaired) electrons. The quantitative estimate of drug-likeness (QED) is 0.482. The predicted molar refractivity (Wildman–Crippen MR) is 95.7 cm³/mol. The molecule has 2 saturated heterocycles. The number of urea groups is 1. The summed E-state index contributed by atoms with van der Waals surface area (Å²) in [6.45, 7) is 0. The van der Waals surface area contributed by atoms with E-state index in [1.165, 1.54) is 12.1 Å². The number of hydrogen-bond donors (Lipinski definition) is 3. The molecule has 3 N–H and O–H groups in total. The van der Waals surface area contributed by atoms with Crippen LogP contribution in [0.4, 0.5) is 23.7 Å². The van der Waals surface area contributed by atoms with Gasteiger partial charge in [0.25, 0.3) is 0 Å². The van der Waals surface area contributed by atoms with Crippen LogP contribution in [0.15, 0.2) is 24.3 Å². The van der Waals surface area contributed by atoms with Gasteiger partial charge in [-0.3, -0.25) is 4.79 Å². The Hall–Kier alpha value is -2.10. The molecular formula is C17H20F3N3O3S. The van der Waals surface area contributed by atoms with Gasteiger partial charge in [0.2, 0.25) is 5.91 Å². The third-order valence-corrected chi connectivity index (χ3v) is 5.96. The molecule has 3 rings (SSSR count). The van der Waals surface area contributed by atoms with Crippen molar-refractivity contribution in [3.05, 3.63) is 24.3 Å². The average Bonchev–Trinajstić information content (AvgIpc) is 3.12. The molecule has 0 saturated carbocycles. The van der Waals surface area contributed by atoms with Gasteiger partial charge < -0.3 is 20.7 Å². The minimum Gasteiger partial charge on any atom is -0.406 e. The first-order valence-corrected chi connectivity index (χ1v) is 9.69. The molecular weight excluding hydrogens is 383 g/mol. The van der Waals surface area contributed by atoms with E-state index < -0.39 is 6.36 Å². The van der Waals surface area contributed by atoms with Gasteiger partial charge >= 0.3 is 12.4 Å². The maximum absolute atomic E-state index is 12.1. The summed E-state index contributed by atoms with van der Waals surface area (Å²) in [4.78, 5) is 23.3. The summed E-state index contributed by atoms with van der Waals surface area (Å²) < 4.78 is 40.1. The third-order valence-electron chi connectivity index (χ3n) is 4.45. The lowest BCUT2D eigenvalue weighted by molar-refractivity contribution is -0.274. The van der Waals surface area contributed by atoms with Crippen molar-refractivity contribution in [3.8, 4) is 5.75 Å². The maximum atomic E-state index is 12.1. The smallest absolute Gasteiger partial charge is 0.406 e. The highest BCUT2D eigenvalue weighted by atomic mass is 32.2. The molecule has 0 aromatic heterocycles. The highest BCUT2D eigenvalue weighted by Gasteiger charge is 2.42. The lowest BCUT2D eigenvalue weighted by Crippen LogP contribution is -2.36. The van der Waals surface area contributed by atoms with Gasteiger partial charge in [-0.1, -0.05) is 6.42 Å². The Labute approximate surface area is 158 Å². The van der Waals surface area contributed by atoms with Crippen molar-refractivity contribution in [2.24, 2.45) is 0 Å². The number of rotatable bonds is 7. The van der Waals surface area contributed by atoms with E-state index in [4.69, 9.17) is 0 Å². The zero-order valence-corrected chi connectivity index (χ0v) is 15.2. The van der Waals surface area contributed by atoms with Gasteiger partial charge in [-0.2, -0.15) is 11.8 Å². The van der Waals surface area contributed by atoms with Crippen LogP contribution in [0.1, 0.15) is 25.7 Å². The predicted octanol–water partition coefficient (Wildman–Crippen LogP) is 3.25. The Morgan fingerprint density at radius 3 is 2.67 bits per heavy atom. The number of unbranched alkanes of at least 4 members (excludes halogenated alkanes) is 1. The Bertz CT molecular complexity index is 684. The van der Waals surface area contributed by atoms with Crippen LogP contribution in [0.3, 0.4) is 0 Å². The van der Waals surface area contributed by atoms with E-state index in [1.54, 1.807) is 0 Å². The molecule has 10 heteroatoms. The van der Waals surface area contributed by atoms with Crippen LogP contribution < -0.4 is 20.7 Å². The van der Waals surface area contributed by atoms with Crippen molar-refractivity contribution in [3.63, 3.8) is 0 Å². The molecule has 2 aliphatic rings. The van der Waals surface area contributed by atoms with Crippen LogP contribution in [-0.4, -0.2) is 41.4 Å². The molecule has 2 heterocycles. The van der Waals surface area contributed by atoms with Crippen LogP contribution in [-0.2, 0) is 4.79 Å². The van der Waals surface area contributed by atoms with E-state index in [0.29, 0.717) is 23.8 Å². The number of nitrogens with one attached hydrogen (secondary N) is 3. The topological polar surface area (TPSA) is 79.5 Å². The first-order valence-electron chi connectivity index (χ1n) is 8.64. The monoisotopic (exact) mass is 403 g/mol. The number of hydrogen-bond acceptors (Lipinski definition) is 4. The fourth-order valence-corrected chi connectivity index (χ4v) is 4.78. The molecule has 0 spiro atoms. The number of carbonyl (C=O) groups is 2. The van der Waals surface area contributed by atoms with Crippen molar-refractivity contribution in [2.45, 2.75) is 49.4 Å². The van der Waals surface area contributed by atoms with E-state index in [2.05, 4.69) is 20.7 Å². The van der Waals surface area contributed by atoms with Crippen molar-refractivity contribution in [1.29, 1.82) is 0 Å². The minimum absolute atomic E-state index is 0.110. The van der Waals surface area contributed by atoms with E-state index in [0.717, 1.165) is 30.7 Å². The second-order valence-electron chi connectivity index (χ2n) is 6.49. The second kappa shape index (κ2) is 8.28. The summed E-state index contributed by atoms with van der Waals surface area (Å²) in [5.41, 5.74) is 0.420. The standard InChI is InChI=1S/C17H20F3N3O3S/c18-17(19,20)26-11-7-5-10(6-8-11)21-14(24)4-2-1-3-13-15-12(9-27-13)22-16(25)23-15/h5-8,12-13,15H,1-4,9H2,(H,21,24)(H2,22,23,25)/t12-,13+,15+/m1/s1. The molecule has 2 fully saturated rings. The van der Waals surface area contributed by atoms with Gasteiger partial charge in [0.15, 0.2) is 0 Å². The molecule has 2 aliphatic heterocycles. The Morgan fingerprint density at radius 1 is 1.22 bits per heavy atom. The molecule has 0 unspecified atom stereocenters. The van der Waals surface area contributed by atoms with Crippen LogP contribution in [0, 0.1) is 0 Å². The van der Waals surface area contributed by atoms with Gasteiger partial charge in [-0.15, -0.1) is 13.2 Å². The number of ether oxygens (including phenoxy) is 1. The molecule has 148 valence electrons. The lowest BCUT2D eigenvalue weighted by atomic mass is 10.0. The lowest BCUT2D eigenvalue weighted by Gasteiger charge is -2.16. The van der Waals surface area contributed by atoms with Crippen LogP contribution in [0.2, 0.25) is 0 Å². The number of benzene rings is 1. The number of fused-ring (bicyclic) bond motifs is 1. The molecule has 3 atom stereocenters. The largest absolute Gasteiger partial charge is 0.573 e. The summed E-state index contributed by atoms with van der Waals surface area (Å²) >= 11 is 1.83. The molecule has 0 bridgehead atoms. The molecule has 1 aromatic carbocycles. The Morgan fingerprint density at radius 2 is 1.96 bits per heavy atom. The zero-order chi connectivity index (χ0) is 19.4. The van der Waals surface area contributed by atoms with E-state index in [-0.39, 0.29) is 29.8 Å². The zero-order valence-electron chi connectivity index (χ0n) is 14.3. The molecule has 6 nitrogen and oxygen atoms in total. The molecule has 3 amide bonds. The fraction of sp³-hybridized carbons (Fsp3) is 0.529. The highest BCUT2D eigenvalue weighted by Crippen LogP contribution is 2.33. The van der Waals surface area contributed by atoms with Crippen LogP contribution in [0.25, 0.3) is 0 Å². The number of thioether (sulfide) groups is 1. The number of amides is 3. The summed E-state index contributed by atoms with van der Waals surface area (Å²) in [7, 11) is 0. The van der Waals surface area contributed by atoms with E-state index in [9.17, 15) is 22.8 Å². The summed E-state index contributed by atoms with van der Waals surface area (Å²) in [6, 6.07) is 5.28. The third kappa shape index (κ3) is 5.69. The van der Waals surface area contributed by atoms with E-state index >= 15 is 0 Å². The van der Waals surface area contributed by atoms with Crippen molar-refractivity contribution >= 4 is 29.4 Å². The SMILES string of the molecule is O=C(CCCC[C@@H]1SC[C@H]2NC(=O)N[C@H]12)Nc1ccc(OC(F)(F)F)cc1. The summed E-state index contributed by atoms with van der Waals surface area (Å²) in [5.74, 6) is 0.386. The highest BCUT2D eigenvalue weighted by molar-refractivity contribution is 8.00. The summed E-state index contributed by atoms with van der Waals surface area (Å²) in [5, 5.41) is 8.84. The van der Waals surface area contributed by atoms with Crippen molar-refractivity contribution < 1.29 is 27.5 Å². The minimum atomic E-state index is -4.74. The average molecular weight is 403 g/mol. The Kier molecular flexibility index (Phi) is 6.03.